The molecule has 20 heavy (non-hydrogen) atoms. The summed E-state index contributed by atoms with van der Waals surface area (Å²) in [7, 11) is 0. The molecule has 1 saturated heterocycles. The maximum absolute atomic E-state index is 12.4. The van der Waals surface area contributed by atoms with Crippen LogP contribution in [-0.4, -0.2) is 34.6 Å². The molecule has 3 aliphatic rings. The fraction of sp³-hybridized carbons (Fsp3) is 0.867. The molecule has 3 fully saturated rings. The Morgan fingerprint density at radius 2 is 1.90 bits per heavy atom. The van der Waals surface area contributed by atoms with E-state index >= 15 is 0 Å². The van der Waals surface area contributed by atoms with Crippen molar-refractivity contribution < 1.29 is 14.7 Å². The summed E-state index contributed by atoms with van der Waals surface area (Å²) in [5, 5.41) is 15.6. The summed E-state index contributed by atoms with van der Waals surface area (Å²) < 4.78 is 0. The highest BCUT2D eigenvalue weighted by molar-refractivity contribution is 5.90. The molecule has 3 rings (SSSR count). The number of fused-ring (bicyclic) bond motifs is 1. The van der Waals surface area contributed by atoms with E-state index < -0.39 is 11.5 Å². The molecule has 0 spiro atoms. The molecular weight excluding hydrogens is 256 g/mol. The van der Waals surface area contributed by atoms with Gasteiger partial charge in [0.25, 0.3) is 0 Å². The monoisotopic (exact) mass is 280 g/mol. The van der Waals surface area contributed by atoms with Gasteiger partial charge in [-0.2, -0.15) is 0 Å². The normalized spacial score (nSPS) is 36.0. The number of nitrogens with one attached hydrogen (secondary N) is 2. The summed E-state index contributed by atoms with van der Waals surface area (Å²) in [6.07, 6.45) is 7.48. The van der Waals surface area contributed by atoms with Gasteiger partial charge >= 0.3 is 5.97 Å². The van der Waals surface area contributed by atoms with Crippen molar-refractivity contribution in [3.8, 4) is 0 Å². The van der Waals surface area contributed by atoms with Crippen LogP contribution in [0.2, 0.25) is 0 Å². The van der Waals surface area contributed by atoms with Crippen LogP contribution in [0.4, 0.5) is 0 Å². The molecule has 112 valence electrons. The van der Waals surface area contributed by atoms with Gasteiger partial charge in [-0.1, -0.05) is 12.8 Å². The van der Waals surface area contributed by atoms with Crippen LogP contribution in [-0.2, 0) is 9.59 Å². The predicted molar refractivity (Wildman–Crippen MR) is 74.2 cm³/mol. The number of rotatable bonds is 4. The molecule has 4 atom stereocenters. The van der Waals surface area contributed by atoms with E-state index in [0.717, 1.165) is 25.7 Å². The molecule has 5 nitrogen and oxygen atoms in total. The Morgan fingerprint density at radius 1 is 1.20 bits per heavy atom. The number of hydrogen-bond donors (Lipinski definition) is 3. The van der Waals surface area contributed by atoms with Crippen LogP contribution in [0.3, 0.4) is 0 Å². The topological polar surface area (TPSA) is 78.4 Å². The van der Waals surface area contributed by atoms with E-state index in [-0.39, 0.29) is 17.9 Å². The molecule has 0 aromatic heterocycles. The number of carboxylic acid groups (broad SMARTS) is 1. The second-order valence-electron chi connectivity index (χ2n) is 6.88. The van der Waals surface area contributed by atoms with Crippen molar-refractivity contribution in [2.24, 2.45) is 11.8 Å². The van der Waals surface area contributed by atoms with Gasteiger partial charge in [0, 0.05) is 6.04 Å². The third kappa shape index (κ3) is 2.43. The molecule has 0 radical (unpaired) electrons. The van der Waals surface area contributed by atoms with E-state index in [0.29, 0.717) is 12.0 Å². The molecule has 4 unspecified atom stereocenters. The highest BCUT2D eigenvalue weighted by atomic mass is 16.4. The lowest BCUT2D eigenvalue weighted by Crippen LogP contribution is -2.58. The minimum absolute atomic E-state index is 0.0904. The maximum atomic E-state index is 12.4. The van der Waals surface area contributed by atoms with Crippen LogP contribution < -0.4 is 10.6 Å². The van der Waals surface area contributed by atoms with Gasteiger partial charge in [-0.25, -0.2) is 4.79 Å². The van der Waals surface area contributed by atoms with Gasteiger partial charge in [-0.3, -0.25) is 4.79 Å². The predicted octanol–water partition coefficient (Wildman–Crippen LogP) is 1.28. The molecule has 0 aromatic carbocycles. The first-order valence-electron chi connectivity index (χ1n) is 7.82. The molecule has 1 amide bonds. The quantitative estimate of drug-likeness (QED) is 0.725. The maximum Gasteiger partial charge on any atom is 0.329 e. The molecule has 0 bridgehead atoms. The van der Waals surface area contributed by atoms with Crippen molar-refractivity contribution in [1.29, 1.82) is 0 Å². The van der Waals surface area contributed by atoms with E-state index in [2.05, 4.69) is 10.6 Å². The zero-order valence-corrected chi connectivity index (χ0v) is 12.0. The zero-order chi connectivity index (χ0) is 14.3. The van der Waals surface area contributed by atoms with Crippen LogP contribution in [0.1, 0.15) is 51.9 Å². The van der Waals surface area contributed by atoms with Crippen LogP contribution in [0.5, 0.6) is 0 Å². The van der Waals surface area contributed by atoms with Gasteiger partial charge in [0.1, 0.15) is 5.54 Å². The molecular formula is C15H24N2O3. The van der Waals surface area contributed by atoms with Gasteiger partial charge in [-0.05, 0) is 50.9 Å². The zero-order valence-electron chi connectivity index (χ0n) is 12.0. The number of carboxylic acids is 1. The largest absolute Gasteiger partial charge is 0.480 e. The smallest absolute Gasteiger partial charge is 0.329 e. The first kappa shape index (κ1) is 13.9. The summed E-state index contributed by atoms with van der Waals surface area (Å²) in [5.74, 6) is -0.357. The summed E-state index contributed by atoms with van der Waals surface area (Å²) >= 11 is 0. The average Bonchev–Trinajstić information content (AvgIpc) is 3.17. The minimum Gasteiger partial charge on any atom is -0.480 e. The van der Waals surface area contributed by atoms with Crippen molar-refractivity contribution >= 4 is 11.9 Å². The second kappa shape index (κ2) is 5.02. The lowest BCUT2D eigenvalue weighted by atomic mass is 9.85. The number of carbonyl (C=O) groups is 2. The van der Waals surface area contributed by atoms with E-state index in [1.54, 1.807) is 6.92 Å². The van der Waals surface area contributed by atoms with E-state index in [1.165, 1.54) is 19.3 Å². The fourth-order valence-corrected chi connectivity index (χ4v) is 3.86. The molecule has 0 aromatic rings. The van der Waals surface area contributed by atoms with Crippen molar-refractivity contribution in [2.75, 3.05) is 0 Å². The van der Waals surface area contributed by atoms with E-state index in [4.69, 9.17) is 0 Å². The van der Waals surface area contributed by atoms with Crippen molar-refractivity contribution in [3.63, 3.8) is 0 Å². The van der Waals surface area contributed by atoms with E-state index in [1.807, 2.05) is 0 Å². The molecule has 1 heterocycles. The SMILES string of the molecule is CC(NC(=O)C1CC2CCCCC2N1)(C(=O)O)C1CC1. The van der Waals surface area contributed by atoms with Crippen LogP contribution in [0, 0.1) is 11.8 Å². The van der Waals surface area contributed by atoms with Gasteiger partial charge in [-0.15, -0.1) is 0 Å². The molecule has 3 N–H and O–H groups in total. The molecule has 2 aliphatic carbocycles. The molecule has 5 heteroatoms. The Labute approximate surface area is 119 Å². The van der Waals surface area contributed by atoms with Gasteiger partial charge in [0.05, 0.1) is 6.04 Å². The fourth-order valence-electron chi connectivity index (χ4n) is 3.86. The van der Waals surface area contributed by atoms with Crippen LogP contribution in [0.25, 0.3) is 0 Å². The van der Waals surface area contributed by atoms with Crippen molar-refractivity contribution in [1.82, 2.24) is 10.6 Å². The third-order valence-corrected chi connectivity index (χ3v) is 5.40. The Kier molecular flexibility index (Phi) is 3.48. The first-order chi connectivity index (χ1) is 9.50. The summed E-state index contributed by atoms with van der Waals surface area (Å²) in [4.78, 5) is 23.9. The number of aliphatic carboxylic acids is 1. The Morgan fingerprint density at radius 3 is 2.50 bits per heavy atom. The van der Waals surface area contributed by atoms with Gasteiger partial charge < -0.3 is 15.7 Å². The van der Waals surface area contributed by atoms with Crippen molar-refractivity contribution in [2.45, 2.75) is 69.5 Å². The Hall–Kier alpha value is -1.10. The van der Waals surface area contributed by atoms with Gasteiger partial charge in [0.15, 0.2) is 0 Å². The number of amides is 1. The molecule has 2 saturated carbocycles. The minimum atomic E-state index is -1.09. The number of carbonyl (C=O) groups excluding carboxylic acids is 1. The summed E-state index contributed by atoms with van der Waals surface area (Å²) in [6, 6.07) is 0.247. The highest BCUT2D eigenvalue weighted by Gasteiger charge is 2.50. The standard InChI is InChI=1S/C15H24N2O3/c1-15(14(19)20,10-6-7-10)17-13(18)12-8-9-4-2-3-5-11(9)16-12/h9-12,16H,2-8H2,1H3,(H,17,18)(H,19,20). The highest BCUT2D eigenvalue weighted by Crippen LogP contribution is 2.40. The van der Waals surface area contributed by atoms with Gasteiger partial charge in [0.2, 0.25) is 5.91 Å². The summed E-state index contributed by atoms with van der Waals surface area (Å²) in [6.45, 7) is 1.65. The third-order valence-electron chi connectivity index (χ3n) is 5.40. The Bertz CT molecular complexity index is 407. The average molecular weight is 280 g/mol. The lowest BCUT2D eigenvalue weighted by Gasteiger charge is -2.28. The van der Waals surface area contributed by atoms with E-state index in [9.17, 15) is 14.7 Å². The lowest BCUT2D eigenvalue weighted by molar-refractivity contribution is -0.148. The first-order valence-corrected chi connectivity index (χ1v) is 7.82. The summed E-state index contributed by atoms with van der Waals surface area (Å²) in [5.41, 5.74) is -1.09. The second-order valence-corrected chi connectivity index (χ2v) is 6.88. The van der Waals surface area contributed by atoms with Crippen LogP contribution >= 0.6 is 0 Å². The number of hydrogen-bond acceptors (Lipinski definition) is 3. The Balaban J connectivity index is 1.63. The molecule has 1 aliphatic heterocycles. The van der Waals surface area contributed by atoms with Crippen molar-refractivity contribution in [3.05, 3.63) is 0 Å². The van der Waals surface area contributed by atoms with Crippen LogP contribution in [0.15, 0.2) is 0 Å².